The third-order valence-electron chi connectivity index (χ3n) is 3.28. The average Bonchev–Trinajstić information content (AvgIpc) is 2.39. The van der Waals surface area contributed by atoms with E-state index in [1.54, 1.807) is 6.07 Å². The van der Waals surface area contributed by atoms with Gasteiger partial charge < -0.3 is 19.5 Å². The first kappa shape index (κ1) is 14.5. The van der Waals surface area contributed by atoms with Crippen molar-refractivity contribution in [1.82, 2.24) is 4.90 Å². The molecule has 0 radical (unpaired) electrons. The van der Waals surface area contributed by atoms with E-state index in [0.717, 1.165) is 0 Å². The molecule has 1 saturated heterocycles. The van der Waals surface area contributed by atoms with Crippen LogP contribution >= 0.6 is 0 Å². The summed E-state index contributed by atoms with van der Waals surface area (Å²) in [7, 11) is 0. The Balaban J connectivity index is 2.41. The van der Waals surface area contributed by atoms with Gasteiger partial charge in [0.25, 0.3) is 5.72 Å². The number of hydrogen-bond donors (Lipinski definition) is 0. The molecule has 1 heterocycles. The highest BCUT2D eigenvalue weighted by Gasteiger charge is 2.62. The fourth-order valence-electron chi connectivity index (χ4n) is 2.33. The van der Waals surface area contributed by atoms with E-state index < -0.39 is 24.4 Å². The number of rotatable bonds is 2. The van der Waals surface area contributed by atoms with Crippen LogP contribution in [0.2, 0.25) is 0 Å². The van der Waals surface area contributed by atoms with Gasteiger partial charge in [-0.15, -0.1) is 0 Å². The SMILES string of the molecule is O=C([O-])N1CCCCC1(Oc1ccccc1)C(F)(F)F. The number of carbonyl (C=O) groups excluding carboxylic acids is 1. The van der Waals surface area contributed by atoms with Gasteiger partial charge >= 0.3 is 6.18 Å². The third kappa shape index (κ3) is 2.52. The van der Waals surface area contributed by atoms with E-state index in [1.165, 1.54) is 24.3 Å². The summed E-state index contributed by atoms with van der Waals surface area (Å²) >= 11 is 0. The minimum atomic E-state index is -4.84. The topological polar surface area (TPSA) is 52.6 Å². The summed E-state index contributed by atoms with van der Waals surface area (Å²) < 4.78 is 45.4. The van der Waals surface area contributed by atoms with Gasteiger partial charge in [-0.1, -0.05) is 18.2 Å². The standard InChI is InChI=1S/C13H14F3NO3/c14-13(15,16)12(20-10-6-2-1-3-7-10)8-4-5-9-17(12)11(18)19/h1-3,6-7H,4-5,8-9H2,(H,18,19)/p-1. The van der Waals surface area contributed by atoms with Gasteiger partial charge in [0.05, 0.1) is 0 Å². The Kier molecular flexibility index (Phi) is 3.78. The lowest BCUT2D eigenvalue weighted by molar-refractivity contribution is -0.337. The zero-order valence-corrected chi connectivity index (χ0v) is 10.5. The zero-order chi connectivity index (χ0) is 14.8. The van der Waals surface area contributed by atoms with Gasteiger partial charge in [-0.2, -0.15) is 13.2 Å². The maximum absolute atomic E-state index is 13.4. The zero-order valence-electron chi connectivity index (χ0n) is 10.5. The molecule has 4 nitrogen and oxygen atoms in total. The number of amides is 1. The van der Waals surface area contributed by atoms with Crippen LogP contribution in [-0.2, 0) is 0 Å². The number of benzene rings is 1. The Morgan fingerprint density at radius 3 is 2.45 bits per heavy atom. The summed E-state index contributed by atoms with van der Waals surface area (Å²) in [4.78, 5) is 11.3. The van der Waals surface area contributed by atoms with E-state index in [0.29, 0.717) is 6.42 Å². The van der Waals surface area contributed by atoms with Crippen LogP contribution in [0.1, 0.15) is 19.3 Å². The monoisotopic (exact) mass is 288 g/mol. The molecule has 1 aliphatic heterocycles. The van der Waals surface area contributed by atoms with Crippen LogP contribution in [0.3, 0.4) is 0 Å². The van der Waals surface area contributed by atoms with Crippen molar-refractivity contribution in [3.8, 4) is 5.75 Å². The van der Waals surface area contributed by atoms with Crippen LogP contribution in [0.5, 0.6) is 5.75 Å². The Labute approximate surface area is 113 Å². The highest BCUT2D eigenvalue weighted by atomic mass is 19.4. The number of likely N-dealkylation sites (tertiary alicyclic amines) is 1. The van der Waals surface area contributed by atoms with E-state index in [4.69, 9.17) is 4.74 Å². The Morgan fingerprint density at radius 2 is 1.90 bits per heavy atom. The van der Waals surface area contributed by atoms with E-state index in [2.05, 4.69) is 0 Å². The Hall–Kier alpha value is -1.92. The number of ether oxygens (including phenoxy) is 1. The summed E-state index contributed by atoms with van der Waals surface area (Å²) in [5, 5.41) is 11.0. The summed E-state index contributed by atoms with van der Waals surface area (Å²) in [5.74, 6) is -0.0297. The number of para-hydroxylation sites is 1. The second-order valence-corrected chi connectivity index (χ2v) is 4.57. The molecule has 0 spiro atoms. The molecule has 0 saturated carbocycles. The van der Waals surface area contributed by atoms with Crippen molar-refractivity contribution < 1.29 is 27.8 Å². The highest BCUT2D eigenvalue weighted by molar-refractivity contribution is 5.64. The Bertz CT molecular complexity index is 477. The molecule has 1 atom stereocenters. The molecule has 0 aromatic heterocycles. The number of nitrogens with zero attached hydrogens (tertiary/aromatic N) is 1. The van der Waals surface area contributed by atoms with Crippen molar-refractivity contribution in [1.29, 1.82) is 0 Å². The molecule has 110 valence electrons. The molecule has 2 rings (SSSR count). The number of piperidine rings is 1. The number of carboxylic acid groups (broad SMARTS) is 1. The first-order valence-corrected chi connectivity index (χ1v) is 6.16. The molecule has 0 bridgehead atoms. The van der Waals surface area contributed by atoms with Crippen molar-refractivity contribution in [2.24, 2.45) is 0 Å². The largest absolute Gasteiger partial charge is 0.530 e. The van der Waals surface area contributed by atoms with Gasteiger partial charge in [-0.25, -0.2) is 0 Å². The summed E-state index contributed by atoms with van der Waals surface area (Å²) in [5.41, 5.74) is -2.87. The summed E-state index contributed by atoms with van der Waals surface area (Å²) in [6.07, 6.45) is -6.58. The van der Waals surface area contributed by atoms with Gasteiger partial charge in [-0.3, -0.25) is 0 Å². The van der Waals surface area contributed by atoms with Gasteiger partial charge in [0, 0.05) is 13.0 Å². The fourth-order valence-corrected chi connectivity index (χ4v) is 2.33. The number of hydrogen-bond acceptors (Lipinski definition) is 3. The predicted molar refractivity (Wildman–Crippen MR) is 61.8 cm³/mol. The molecular weight excluding hydrogens is 275 g/mol. The van der Waals surface area contributed by atoms with Crippen molar-refractivity contribution in [3.05, 3.63) is 30.3 Å². The van der Waals surface area contributed by atoms with Crippen molar-refractivity contribution in [2.75, 3.05) is 6.54 Å². The lowest BCUT2D eigenvalue weighted by Gasteiger charge is -2.48. The van der Waals surface area contributed by atoms with Crippen LogP contribution < -0.4 is 9.84 Å². The fraction of sp³-hybridized carbons (Fsp3) is 0.462. The molecule has 1 fully saturated rings. The third-order valence-corrected chi connectivity index (χ3v) is 3.28. The van der Waals surface area contributed by atoms with E-state index in [1.807, 2.05) is 0 Å². The maximum Gasteiger partial charge on any atom is 0.448 e. The minimum Gasteiger partial charge on any atom is -0.530 e. The molecule has 0 aliphatic carbocycles. The normalized spacial score (nSPS) is 23.4. The molecular formula is C13H13F3NO3-. The van der Waals surface area contributed by atoms with E-state index >= 15 is 0 Å². The molecule has 0 N–H and O–H groups in total. The number of carbonyl (C=O) groups is 1. The predicted octanol–water partition coefficient (Wildman–Crippen LogP) is 2.15. The van der Waals surface area contributed by atoms with Crippen LogP contribution in [0.15, 0.2) is 30.3 Å². The van der Waals surface area contributed by atoms with Gasteiger partial charge in [0.1, 0.15) is 11.8 Å². The van der Waals surface area contributed by atoms with Crippen molar-refractivity contribution in [2.45, 2.75) is 31.2 Å². The van der Waals surface area contributed by atoms with Gasteiger partial charge in [-0.05, 0) is 25.0 Å². The van der Waals surface area contributed by atoms with Crippen LogP contribution in [0.25, 0.3) is 0 Å². The highest BCUT2D eigenvalue weighted by Crippen LogP contribution is 2.43. The smallest absolute Gasteiger partial charge is 0.448 e. The second kappa shape index (κ2) is 5.22. The quantitative estimate of drug-likeness (QED) is 0.838. The lowest BCUT2D eigenvalue weighted by Crippen LogP contribution is -2.68. The number of halogens is 3. The minimum absolute atomic E-state index is 0.0297. The van der Waals surface area contributed by atoms with Crippen LogP contribution in [0, 0.1) is 0 Å². The molecule has 1 unspecified atom stereocenters. The van der Waals surface area contributed by atoms with Crippen LogP contribution in [0.4, 0.5) is 18.0 Å². The van der Waals surface area contributed by atoms with Crippen LogP contribution in [-0.4, -0.2) is 29.4 Å². The van der Waals surface area contributed by atoms with Crippen molar-refractivity contribution >= 4 is 6.09 Å². The van der Waals surface area contributed by atoms with Crippen molar-refractivity contribution in [3.63, 3.8) is 0 Å². The first-order valence-electron chi connectivity index (χ1n) is 6.16. The lowest BCUT2D eigenvalue weighted by atomic mass is 9.97. The molecule has 1 amide bonds. The molecule has 7 heteroatoms. The van der Waals surface area contributed by atoms with E-state index in [-0.39, 0.29) is 23.6 Å². The Morgan fingerprint density at radius 1 is 1.25 bits per heavy atom. The number of alkyl halides is 3. The van der Waals surface area contributed by atoms with E-state index in [9.17, 15) is 23.1 Å². The molecule has 1 aromatic carbocycles. The summed E-state index contributed by atoms with van der Waals surface area (Å²) in [6.45, 7) is -0.255. The van der Waals surface area contributed by atoms with Gasteiger partial charge in [0.2, 0.25) is 0 Å². The average molecular weight is 288 g/mol. The maximum atomic E-state index is 13.4. The summed E-state index contributed by atoms with van der Waals surface area (Å²) in [6, 6.07) is 7.38. The van der Waals surface area contributed by atoms with Gasteiger partial charge in [0.15, 0.2) is 0 Å². The second-order valence-electron chi connectivity index (χ2n) is 4.57. The first-order chi connectivity index (χ1) is 9.37. The molecule has 1 aromatic rings. The molecule has 20 heavy (non-hydrogen) atoms. The molecule has 1 aliphatic rings.